The first kappa shape index (κ1) is 9.71. The van der Waals surface area contributed by atoms with Crippen molar-refractivity contribution in [2.24, 2.45) is 0 Å². The molecule has 0 unspecified atom stereocenters. The highest BCUT2D eigenvalue weighted by Crippen LogP contribution is 2.18. The van der Waals surface area contributed by atoms with Crippen LogP contribution in [0.3, 0.4) is 0 Å². The SMILES string of the molecule is C\C1=C(F)/C=C(C(=O)O)\C=C/CC1. The summed E-state index contributed by atoms with van der Waals surface area (Å²) >= 11 is 0. The van der Waals surface area contributed by atoms with Crippen LogP contribution in [0.4, 0.5) is 4.39 Å². The second-order valence-electron chi connectivity index (χ2n) is 2.97. The number of rotatable bonds is 1. The Bertz CT molecular complexity index is 311. The zero-order valence-corrected chi connectivity index (χ0v) is 7.38. The molecule has 0 spiro atoms. The summed E-state index contributed by atoms with van der Waals surface area (Å²) in [7, 11) is 0. The van der Waals surface area contributed by atoms with Gasteiger partial charge in [-0.15, -0.1) is 0 Å². The van der Waals surface area contributed by atoms with E-state index in [1.807, 2.05) is 0 Å². The molecule has 2 nitrogen and oxygen atoms in total. The molecule has 0 atom stereocenters. The summed E-state index contributed by atoms with van der Waals surface area (Å²) < 4.78 is 13.1. The molecule has 0 aromatic rings. The lowest BCUT2D eigenvalue weighted by Gasteiger charge is -2.03. The van der Waals surface area contributed by atoms with E-state index < -0.39 is 11.8 Å². The largest absolute Gasteiger partial charge is 0.478 e. The number of allylic oxidation sites excluding steroid dienone is 4. The standard InChI is InChI=1S/C10H11FO2/c1-7-4-2-3-5-8(10(12)13)6-9(7)11/h3,5-6H,2,4H2,1H3,(H,12,13)/b5-3-,8-6+,9-7-. The maximum absolute atomic E-state index is 13.1. The van der Waals surface area contributed by atoms with Crippen LogP contribution in [0, 0.1) is 0 Å². The Hall–Kier alpha value is -1.38. The third kappa shape index (κ3) is 2.54. The van der Waals surface area contributed by atoms with Crippen LogP contribution in [-0.2, 0) is 4.79 Å². The van der Waals surface area contributed by atoms with Gasteiger partial charge < -0.3 is 5.11 Å². The van der Waals surface area contributed by atoms with Gasteiger partial charge in [-0.1, -0.05) is 12.2 Å². The predicted octanol–water partition coefficient (Wildman–Crippen LogP) is 2.59. The Balaban J connectivity index is 3.05. The molecule has 1 N–H and O–H groups in total. The van der Waals surface area contributed by atoms with E-state index in [-0.39, 0.29) is 5.57 Å². The molecule has 0 aliphatic heterocycles. The average molecular weight is 182 g/mol. The lowest BCUT2D eigenvalue weighted by atomic mass is 10.1. The van der Waals surface area contributed by atoms with Crippen LogP contribution >= 0.6 is 0 Å². The number of aliphatic carboxylic acids is 1. The maximum Gasteiger partial charge on any atom is 0.335 e. The molecular weight excluding hydrogens is 171 g/mol. The van der Waals surface area contributed by atoms with Gasteiger partial charge in [0.25, 0.3) is 0 Å². The highest BCUT2D eigenvalue weighted by atomic mass is 19.1. The topological polar surface area (TPSA) is 37.3 Å². The molecule has 3 heteroatoms. The molecule has 0 saturated carbocycles. The van der Waals surface area contributed by atoms with Crippen LogP contribution < -0.4 is 0 Å². The summed E-state index contributed by atoms with van der Waals surface area (Å²) in [5.41, 5.74) is 0.597. The van der Waals surface area contributed by atoms with Gasteiger partial charge in [0.05, 0.1) is 5.57 Å². The molecular formula is C10H11FO2. The van der Waals surface area contributed by atoms with Gasteiger partial charge in [0, 0.05) is 0 Å². The Kier molecular flexibility index (Phi) is 3.01. The normalized spacial score (nSPS) is 29.8. The van der Waals surface area contributed by atoms with Gasteiger partial charge in [-0.05, 0) is 31.4 Å². The van der Waals surface area contributed by atoms with Crippen LogP contribution in [0.5, 0.6) is 0 Å². The van der Waals surface area contributed by atoms with E-state index in [1.165, 1.54) is 6.08 Å². The van der Waals surface area contributed by atoms with E-state index in [0.717, 1.165) is 6.08 Å². The summed E-state index contributed by atoms with van der Waals surface area (Å²) in [6, 6.07) is 0. The maximum atomic E-state index is 13.1. The third-order valence-electron chi connectivity index (χ3n) is 1.92. The molecule has 1 rings (SSSR count). The van der Waals surface area contributed by atoms with Crippen molar-refractivity contribution in [3.8, 4) is 0 Å². The molecule has 0 heterocycles. The minimum Gasteiger partial charge on any atom is -0.478 e. The van der Waals surface area contributed by atoms with E-state index in [2.05, 4.69) is 0 Å². The zero-order valence-electron chi connectivity index (χ0n) is 7.38. The minimum absolute atomic E-state index is 0.00319. The predicted molar refractivity (Wildman–Crippen MR) is 47.9 cm³/mol. The van der Waals surface area contributed by atoms with Crippen molar-refractivity contribution in [2.75, 3.05) is 0 Å². The number of hydrogen-bond acceptors (Lipinski definition) is 1. The second-order valence-corrected chi connectivity index (χ2v) is 2.97. The van der Waals surface area contributed by atoms with Gasteiger partial charge in [-0.2, -0.15) is 0 Å². The van der Waals surface area contributed by atoms with Gasteiger partial charge >= 0.3 is 5.97 Å². The molecule has 0 bridgehead atoms. The van der Waals surface area contributed by atoms with E-state index in [0.29, 0.717) is 18.4 Å². The van der Waals surface area contributed by atoms with Crippen molar-refractivity contribution in [1.82, 2.24) is 0 Å². The fraction of sp³-hybridized carbons (Fsp3) is 0.300. The van der Waals surface area contributed by atoms with Crippen LogP contribution in [0.2, 0.25) is 0 Å². The summed E-state index contributed by atoms with van der Waals surface area (Å²) in [5.74, 6) is -1.53. The second kappa shape index (κ2) is 4.03. The molecule has 0 radical (unpaired) electrons. The molecule has 0 fully saturated rings. The highest BCUT2D eigenvalue weighted by molar-refractivity contribution is 5.90. The lowest BCUT2D eigenvalue weighted by molar-refractivity contribution is -0.132. The molecule has 0 saturated heterocycles. The summed E-state index contributed by atoms with van der Waals surface area (Å²) in [6.07, 6.45) is 5.58. The Labute approximate surface area is 76.1 Å². The fourth-order valence-electron chi connectivity index (χ4n) is 1.07. The number of carboxylic acids is 1. The Morgan fingerprint density at radius 3 is 2.92 bits per heavy atom. The summed E-state index contributed by atoms with van der Waals surface area (Å²) in [5, 5.41) is 8.65. The van der Waals surface area contributed by atoms with Crippen molar-refractivity contribution in [3.05, 3.63) is 35.2 Å². The summed E-state index contributed by atoms with van der Waals surface area (Å²) in [4.78, 5) is 10.6. The highest BCUT2D eigenvalue weighted by Gasteiger charge is 2.08. The number of hydrogen-bond donors (Lipinski definition) is 1. The zero-order chi connectivity index (χ0) is 9.84. The average Bonchev–Trinajstić information content (AvgIpc) is 2.06. The molecule has 1 aliphatic carbocycles. The van der Waals surface area contributed by atoms with Gasteiger partial charge in [-0.25, -0.2) is 9.18 Å². The first-order valence-electron chi connectivity index (χ1n) is 4.08. The van der Waals surface area contributed by atoms with Gasteiger partial charge in [0.2, 0.25) is 0 Å². The molecule has 70 valence electrons. The van der Waals surface area contributed by atoms with Crippen LogP contribution in [0.15, 0.2) is 35.2 Å². The Morgan fingerprint density at radius 2 is 2.31 bits per heavy atom. The van der Waals surface area contributed by atoms with Crippen molar-refractivity contribution in [2.45, 2.75) is 19.8 Å². The number of carbonyl (C=O) groups is 1. The molecule has 0 aromatic carbocycles. The van der Waals surface area contributed by atoms with E-state index in [4.69, 9.17) is 5.11 Å². The lowest BCUT2D eigenvalue weighted by Crippen LogP contribution is -1.99. The quantitative estimate of drug-likeness (QED) is 0.676. The molecule has 0 aromatic heterocycles. The molecule has 0 amide bonds. The Morgan fingerprint density at radius 1 is 1.62 bits per heavy atom. The molecule has 1 aliphatic rings. The van der Waals surface area contributed by atoms with E-state index in [1.54, 1.807) is 13.0 Å². The van der Waals surface area contributed by atoms with Crippen molar-refractivity contribution in [3.63, 3.8) is 0 Å². The fourth-order valence-corrected chi connectivity index (χ4v) is 1.07. The van der Waals surface area contributed by atoms with Gasteiger partial charge in [0.15, 0.2) is 0 Å². The van der Waals surface area contributed by atoms with Crippen molar-refractivity contribution in [1.29, 1.82) is 0 Å². The smallest absolute Gasteiger partial charge is 0.335 e. The van der Waals surface area contributed by atoms with Gasteiger partial charge in [0.1, 0.15) is 5.83 Å². The van der Waals surface area contributed by atoms with Crippen LogP contribution in [-0.4, -0.2) is 11.1 Å². The van der Waals surface area contributed by atoms with Crippen molar-refractivity contribution >= 4 is 5.97 Å². The summed E-state index contributed by atoms with van der Waals surface area (Å²) in [6.45, 7) is 1.67. The first-order chi connectivity index (χ1) is 6.11. The minimum atomic E-state index is -1.10. The number of carboxylic acid groups (broad SMARTS) is 1. The van der Waals surface area contributed by atoms with Crippen LogP contribution in [0.1, 0.15) is 19.8 Å². The van der Waals surface area contributed by atoms with Gasteiger partial charge in [-0.3, -0.25) is 0 Å². The monoisotopic (exact) mass is 182 g/mol. The first-order valence-corrected chi connectivity index (χ1v) is 4.08. The van der Waals surface area contributed by atoms with Crippen molar-refractivity contribution < 1.29 is 14.3 Å². The third-order valence-corrected chi connectivity index (χ3v) is 1.92. The molecule has 13 heavy (non-hydrogen) atoms. The van der Waals surface area contributed by atoms with E-state index in [9.17, 15) is 9.18 Å². The van der Waals surface area contributed by atoms with Crippen LogP contribution in [0.25, 0.3) is 0 Å². The van der Waals surface area contributed by atoms with E-state index >= 15 is 0 Å². The number of halogens is 1.